The van der Waals surface area contributed by atoms with E-state index >= 15 is 0 Å². The molecule has 38 heavy (non-hydrogen) atoms. The molecule has 4 rings (SSSR count). The Labute approximate surface area is 223 Å². The molecule has 8 nitrogen and oxygen atoms in total. The van der Waals surface area contributed by atoms with Gasteiger partial charge in [-0.15, -0.1) is 0 Å². The van der Waals surface area contributed by atoms with Crippen LogP contribution in [0.3, 0.4) is 0 Å². The van der Waals surface area contributed by atoms with Crippen molar-refractivity contribution >= 4 is 29.2 Å². The Balaban J connectivity index is 1.84. The molecule has 12 heteroatoms. The number of aromatic nitrogens is 3. The van der Waals surface area contributed by atoms with Crippen molar-refractivity contribution in [1.82, 2.24) is 25.2 Å². The van der Waals surface area contributed by atoms with E-state index in [0.29, 0.717) is 42.2 Å². The van der Waals surface area contributed by atoms with Crippen LogP contribution in [0.4, 0.5) is 19.0 Å². The monoisotopic (exact) mass is 548 g/mol. The van der Waals surface area contributed by atoms with Gasteiger partial charge in [0.15, 0.2) is 17.3 Å². The summed E-state index contributed by atoms with van der Waals surface area (Å²) in [5, 5.41) is 5.59. The minimum atomic E-state index is -1.33. The van der Waals surface area contributed by atoms with E-state index in [4.69, 9.17) is 11.6 Å². The number of fused-ring (bicyclic) bond motifs is 1. The number of nitrogens with zero attached hydrogens (tertiary/aromatic N) is 4. The van der Waals surface area contributed by atoms with Crippen LogP contribution in [0.2, 0.25) is 5.15 Å². The molecule has 0 aliphatic carbocycles. The molecule has 2 N–H and O–H groups in total. The predicted octanol–water partition coefficient (Wildman–Crippen LogP) is 4.32. The Hall–Kier alpha value is -3.60. The van der Waals surface area contributed by atoms with Crippen LogP contribution >= 0.6 is 11.6 Å². The van der Waals surface area contributed by atoms with Gasteiger partial charge in [0.1, 0.15) is 28.7 Å². The van der Waals surface area contributed by atoms with Crippen LogP contribution in [0.1, 0.15) is 43.4 Å². The number of carbonyl (C=O) groups is 2. The van der Waals surface area contributed by atoms with Crippen LogP contribution in [0, 0.1) is 22.9 Å². The molecule has 1 aromatic carbocycles. The van der Waals surface area contributed by atoms with Gasteiger partial charge in [-0.05, 0) is 30.0 Å². The summed E-state index contributed by atoms with van der Waals surface area (Å²) in [6, 6.07) is 5.44. The van der Waals surface area contributed by atoms with Gasteiger partial charge in [0.2, 0.25) is 5.91 Å². The van der Waals surface area contributed by atoms with Gasteiger partial charge < -0.3 is 20.1 Å². The standard InChI is InChI=1S/C26H28ClF3N6O2/c1-26(2,3)22(25(38)31-4)34-24(37)21-18-13-35(20-8-5-7-19(27)32-20)9-6-10-36(18)23(33-21)14-11-16(29)17(30)12-15(14)28/h5,7-8,11-12,22H,6,9-10,13H2,1-4H3,(H,31,38)(H,34,37). The predicted molar refractivity (Wildman–Crippen MR) is 137 cm³/mol. The number of pyridine rings is 1. The zero-order valence-electron chi connectivity index (χ0n) is 21.4. The fraction of sp³-hybridized carbons (Fsp3) is 0.385. The summed E-state index contributed by atoms with van der Waals surface area (Å²) >= 11 is 6.09. The molecule has 0 radical (unpaired) electrons. The smallest absolute Gasteiger partial charge is 0.272 e. The molecule has 0 saturated heterocycles. The molecule has 0 saturated carbocycles. The quantitative estimate of drug-likeness (QED) is 0.366. The summed E-state index contributed by atoms with van der Waals surface area (Å²) in [6.07, 6.45) is 0.555. The van der Waals surface area contributed by atoms with Crippen molar-refractivity contribution in [3.63, 3.8) is 0 Å². The highest BCUT2D eigenvalue weighted by molar-refractivity contribution is 6.29. The number of carbonyl (C=O) groups excluding carboxylic acids is 2. The molecule has 0 bridgehead atoms. The van der Waals surface area contributed by atoms with E-state index in [2.05, 4.69) is 20.6 Å². The van der Waals surface area contributed by atoms with Crippen molar-refractivity contribution in [2.24, 2.45) is 5.41 Å². The molecule has 0 fully saturated rings. The van der Waals surface area contributed by atoms with E-state index < -0.39 is 40.7 Å². The maximum Gasteiger partial charge on any atom is 0.272 e. The Bertz CT molecular complexity index is 1390. The number of anilines is 1. The summed E-state index contributed by atoms with van der Waals surface area (Å²) in [6.45, 7) is 6.40. The number of amides is 2. The Kier molecular flexibility index (Phi) is 7.68. The minimum absolute atomic E-state index is 0.0188. The topological polar surface area (TPSA) is 92.2 Å². The Morgan fingerprint density at radius 1 is 1.05 bits per heavy atom. The molecule has 202 valence electrons. The van der Waals surface area contributed by atoms with Crippen LogP contribution < -0.4 is 15.5 Å². The number of nitrogens with one attached hydrogen (secondary N) is 2. The SMILES string of the molecule is CNC(=O)C(NC(=O)c1nc(-c2cc(F)c(F)cc2F)n2c1CN(c1cccc(Cl)n1)CCC2)C(C)(C)C. The molecule has 2 aromatic heterocycles. The third-order valence-corrected chi connectivity index (χ3v) is 6.57. The van der Waals surface area contributed by atoms with Gasteiger partial charge in [0, 0.05) is 26.2 Å². The molecule has 1 unspecified atom stereocenters. The van der Waals surface area contributed by atoms with E-state index in [1.807, 2.05) is 4.90 Å². The second-order valence-electron chi connectivity index (χ2n) is 10.1. The molecular weight excluding hydrogens is 521 g/mol. The number of benzene rings is 1. The van der Waals surface area contributed by atoms with Crippen molar-refractivity contribution < 1.29 is 22.8 Å². The number of hydrogen-bond acceptors (Lipinski definition) is 5. The number of rotatable bonds is 5. The van der Waals surface area contributed by atoms with Gasteiger partial charge in [0.05, 0.1) is 17.8 Å². The average molecular weight is 549 g/mol. The molecule has 1 atom stereocenters. The summed E-state index contributed by atoms with van der Waals surface area (Å²) in [7, 11) is 1.47. The molecule has 0 spiro atoms. The zero-order valence-corrected chi connectivity index (χ0v) is 22.2. The molecule has 3 aromatic rings. The normalized spacial score (nSPS) is 14.5. The largest absolute Gasteiger partial charge is 0.357 e. The lowest BCUT2D eigenvalue weighted by Gasteiger charge is -2.29. The van der Waals surface area contributed by atoms with Crippen LogP contribution in [0.5, 0.6) is 0 Å². The summed E-state index contributed by atoms with van der Waals surface area (Å²) in [4.78, 5) is 36.8. The van der Waals surface area contributed by atoms with Crippen molar-refractivity contribution in [2.45, 2.75) is 46.3 Å². The fourth-order valence-corrected chi connectivity index (χ4v) is 4.60. The second-order valence-corrected chi connectivity index (χ2v) is 10.5. The van der Waals surface area contributed by atoms with Crippen molar-refractivity contribution in [3.8, 4) is 11.4 Å². The van der Waals surface area contributed by atoms with Crippen molar-refractivity contribution in [1.29, 1.82) is 0 Å². The number of imidazole rings is 1. The molecule has 1 aliphatic heterocycles. The minimum Gasteiger partial charge on any atom is -0.357 e. The Morgan fingerprint density at radius 3 is 2.42 bits per heavy atom. The van der Waals surface area contributed by atoms with Gasteiger partial charge in [0.25, 0.3) is 5.91 Å². The second kappa shape index (κ2) is 10.6. The number of likely N-dealkylation sites (N-methyl/N-ethyl adjacent to an activating group) is 1. The van der Waals surface area contributed by atoms with Crippen LogP contribution in [-0.2, 0) is 17.9 Å². The van der Waals surface area contributed by atoms with E-state index in [0.717, 1.165) is 6.07 Å². The fourth-order valence-electron chi connectivity index (χ4n) is 4.44. The highest BCUT2D eigenvalue weighted by atomic mass is 35.5. The van der Waals surface area contributed by atoms with Gasteiger partial charge in [-0.3, -0.25) is 9.59 Å². The molecule has 2 amide bonds. The lowest BCUT2D eigenvalue weighted by Crippen LogP contribution is -2.53. The Morgan fingerprint density at radius 2 is 1.76 bits per heavy atom. The first-order chi connectivity index (χ1) is 17.9. The molecule has 1 aliphatic rings. The van der Waals surface area contributed by atoms with Crippen molar-refractivity contribution in [3.05, 3.63) is 64.3 Å². The highest BCUT2D eigenvalue weighted by Crippen LogP contribution is 2.31. The third kappa shape index (κ3) is 5.47. The first-order valence-electron chi connectivity index (χ1n) is 12.0. The van der Waals surface area contributed by atoms with Crippen LogP contribution in [0.25, 0.3) is 11.4 Å². The average Bonchev–Trinajstić information content (AvgIpc) is 3.05. The maximum absolute atomic E-state index is 14.9. The van der Waals surface area contributed by atoms with Gasteiger partial charge in [-0.2, -0.15) is 0 Å². The van der Waals surface area contributed by atoms with E-state index in [9.17, 15) is 22.8 Å². The summed E-state index contributed by atoms with van der Waals surface area (Å²) in [5.74, 6) is -4.09. The number of halogens is 4. The first kappa shape index (κ1) is 27.4. The van der Waals surface area contributed by atoms with Crippen LogP contribution in [-0.4, -0.2) is 46.0 Å². The molecule has 3 heterocycles. The summed E-state index contributed by atoms with van der Waals surface area (Å²) < 4.78 is 44.3. The first-order valence-corrected chi connectivity index (χ1v) is 12.4. The van der Waals surface area contributed by atoms with E-state index in [-0.39, 0.29) is 23.6 Å². The lowest BCUT2D eigenvalue weighted by molar-refractivity contribution is -0.124. The van der Waals surface area contributed by atoms with Gasteiger partial charge >= 0.3 is 0 Å². The van der Waals surface area contributed by atoms with Crippen molar-refractivity contribution in [2.75, 3.05) is 18.5 Å². The summed E-state index contributed by atoms with van der Waals surface area (Å²) in [5.41, 5.74) is -0.572. The highest BCUT2D eigenvalue weighted by Gasteiger charge is 2.35. The maximum atomic E-state index is 14.9. The van der Waals surface area contributed by atoms with E-state index in [1.54, 1.807) is 43.5 Å². The van der Waals surface area contributed by atoms with Gasteiger partial charge in [-0.25, -0.2) is 23.1 Å². The van der Waals surface area contributed by atoms with Crippen LogP contribution in [0.15, 0.2) is 30.3 Å². The lowest BCUT2D eigenvalue weighted by atomic mass is 9.86. The molecular formula is C26H28ClF3N6O2. The number of hydrogen-bond donors (Lipinski definition) is 2. The third-order valence-electron chi connectivity index (χ3n) is 6.36. The zero-order chi connectivity index (χ0) is 27.8. The van der Waals surface area contributed by atoms with E-state index in [1.165, 1.54) is 7.05 Å². The van der Waals surface area contributed by atoms with Gasteiger partial charge in [-0.1, -0.05) is 38.4 Å².